The summed E-state index contributed by atoms with van der Waals surface area (Å²) < 4.78 is 6.23. The lowest BCUT2D eigenvalue weighted by molar-refractivity contribution is 0.656. The van der Waals surface area contributed by atoms with Gasteiger partial charge >= 0.3 is 0 Å². The summed E-state index contributed by atoms with van der Waals surface area (Å²) in [6, 6.07) is 48.9. The van der Waals surface area contributed by atoms with Crippen molar-refractivity contribution in [2.75, 3.05) is 0 Å². The van der Waals surface area contributed by atoms with Crippen LogP contribution < -0.4 is 0 Å². The number of benzene rings is 5. The molecule has 0 aliphatic carbocycles. The van der Waals surface area contributed by atoms with Crippen molar-refractivity contribution >= 4 is 33.1 Å². The van der Waals surface area contributed by atoms with Crippen molar-refractivity contribution in [3.63, 3.8) is 0 Å². The first-order valence-electron chi connectivity index (χ1n) is 15.4. The molecule has 5 aromatic carbocycles. The number of para-hydroxylation sites is 1. The predicted molar refractivity (Wildman–Crippen MR) is 187 cm³/mol. The number of aromatic nitrogens is 5. The molecular weight excluding hydrogens is 578 g/mol. The minimum Gasteiger partial charge on any atom is -0.438 e. The van der Waals surface area contributed by atoms with Crippen molar-refractivity contribution in [2.24, 2.45) is 0 Å². The zero-order valence-electron chi connectivity index (χ0n) is 25.1. The Hall–Kier alpha value is -6.53. The molecule has 0 atom stereocenters. The van der Waals surface area contributed by atoms with Crippen LogP contribution in [0.1, 0.15) is 0 Å². The first kappa shape index (κ1) is 26.8. The van der Waals surface area contributed by atoms with E-state index in [1.54, 1.807) is 6.20 Å². The molecule has 220 valence electrons. The van der Waals surface area contributed by atoms with Gasteiger partial charge in [0.05, 0.1) is 16.4 Å². The molecule has 6 heteroatoms. The highest BCUT2D eigenvalue weighted by Gasteiger charge is 2.20. The molecule has 0 spiro atoms. The average Bonchev–Trinajstić information content (AvgIpc) is 3.52. The highest BCUT2D eigenvalue weighted by Crippen LogP contribution is 2.40. The molecule has 0 amide bonds. The van der Waals surface area contributed by atoms with Crippen LogP contribution in [0, 0.1) is 0 Å². The lowest BCUT2D eigenvalue weighted by Gasteiger charge is -2.11. The predicted octanol–water partition coefficient (Wildman–Crippen LogP) is 10.0. The summed E-state index contributed by atoms with van der Waals surface area (Å²) in [4.78, 5) is 24.6. The van der Waals surface area contributed by atoms with Crippen LogP contribution in [0.25, 0.3) is 89.5 Å². The van der Waals surface area contributed by atoms with E-state index in [1.807, 2.05) is 91.0 Å². The second-order valence-corrected chi connectivity index (χ2v) is 11.3. The van der Waals surface area contributed by atoms with Gasteiger partial charge < -0.3 is 4.42 Å². The third kappa shape index (κ3) is 4.80. The monoisotopic (exact) mass is 603 g/mol. The number of fused-ring (bicyclic) bond motifs is 4. The fourth-order valence-corrected chi connectivity index (χ4v) is 6.15. The topological polar surface area (TPSA) is 77.6 Å². The summed E-state index contributed by atoms with van der Waals surface area (Å²) in [7, 11) is 0. The van der Waals surface area contributed by atoms with Crippen molar-refractivity contribution in [3.05, 3.63) is 152 Å². The van der Waals surface area contributed by atoms with Gasteiger partial charge in [0.2, 0.25) is 5.71 Å². The normalized spacial score (nSPS) is 11.4. The van der Waals surface area contributed by atoms with Gasteiger partial charge in [-0.1, -0.05) is 121 Å². The summed E-state index contributed by atoms with van der Waals surface area (Å²) in [5.74, 6) is 1.81. The van der Waals surface area contributed by atoms with Crippen molar-refractivity contribution < 1.29 is 4.42 Å². The lowest BCUT2D eigenvalue weighted by Crippen LogP contribution is -2.00. The molecule has 0 unspecified atom stereocenters. The average molecular weight is 604 g/mol. The van der Waals surface area contributed by atoms with Gasteiger partial charge in [0.25, 0.3) is 0 Å². The Labute approximate surface area is 270 Å². The molecule has 0 radical (unpaired) electrons. The minimum absolute atomic E-state index is 0.583. The van der Waals surface area contributed by atoms with Gasteiger partial charge in [0, 0.05) is 33.8 Å². The number of furan rings is 1. The third-order valence-electron chi connectivity index (χ3n) is 8.40. The van der Waals surface area contributed by atoms with E-state index in [-0.39, 0.29) is 0 Å². The van der Waals surface area contributed by atoms with Gasteiger partial charge in [-0.25, -0.2) is 19.9 Å². The highest BCUT2D eigenvalue weighted by molar-refractivity contribution is 6.17. The molecule has 0 N–H and O–H groups in total. The molecule has 0 saturated heterocycles. The van der Waals surface area contributed by atoms with Crippen LogP contribution in [0.4, 0.5) is 0 Å². The maximum atomic E-state index is 6.23. The Morgan fingerprint density at radius 2 is 1.00 bits per heavy atom. The van der Waals surface area contributed by atoms with Crippen LogP contribution in [0.15, 0.2) is 156 Å². The molecule has 6 nitrogen and oxygen atoms in total. The fourth-order valence-electron chi connectivity index (χ4n) is 6.15. The first-order valence-corrected chi connectivity index (χ1v) is 15.4. The number of rotatable bonds is 5. The minimum atomic E-state index is 0.583. The lowest BCUT2D eigenvalue weighted by atomic mass is 9.97. The molecule has 9 rings (SSSR count). The summed E-state index contributed by atoms with van der Waals surface area (Å²) >= 11 is 0. The van der Waals surface area contributed by atoms with E-state index in [0.717, 1.165) is 66.3 Å². The number of hydrogen-bond acceptors (Lipinski definition) is 6. The SMILES string of the molecule is c1ccc(-c2ccc(-c3nc(-c4ccccc4)nc(-c4cccc(-c5c6ncccc6nc6oc7ccccc7c56)c4)n3)cc2)cc1. The van der Waals surface area contributed by atoms with E-state index in [1.165, 1.54) is 0 Å². The van der Waals surface area contributed by atoms with Crippen molar-refractivity contribution in [1.29, 1.82) is 0 Å². The van der Waals surface area contributed by atoms with Crippen LogP contribution in [0.3, 0.4) is 0 Å². The van der Waals surface area contributed by atoms with Gasteiger partial charge in [-0.3, -0.25) is 4.98 Å². The van der Waals surface area contributed by atoms with Crippen LogP contribution in [0.5, 0.6) is 0 Å². The molecule has 4 heterocycles. The molecule has 9 aromatic rings. The van der Waals surface area contributed by atoms with Crippen molar-refractivity contribution in [3.8, 4) is 56.4 Å². The molecule has 0 bridgehead atoms. The Balaban J connectivity index is 1.23. The Kier molecular flexibility index (Phi) is 6.35. The van der Waals surface area contributed by atoms with Crippen LogP contribution in [-0.2, 0) is 0 Å². The largest absolute Gasteiger partial charge is 0.438 e. The van der Waals surface area contributed by atoms with E-state index in [4.69, 9.17) is 29.3 Å². The number of hydrogen-bond donors (Lipinski definition) is 0. The van der Waals surface area contributed by atoms with Crippen LogP contribution in [-0.4, -0.2) is 24.9 Å². The zero-order valence-corrected chi connectivity index (χ0v) is 25.1. The molecule has 4 aromatic heterocycles. The summed E-state index contributed by atoms with van der Waals surface area (Å²) in [6.45, 7) is 0. The first-order chi connectivity index (χ1) is 23.3. The van der Waals surface area contributed by atoms with E-state index in [9.17, 15) is 0 Å². The van der Waals surface area contributed by atoms with E-state index in [0.29, 0.717) is 23.2 Å². The quantitative estimate of drug-likeness (QED) is 0.195. The molecular formula is C41H25N5O. The smallest absolute Gasteiger partial charge is 0.228 e. The van der Waals surface area contributed by atoms with Crippen LogP contribution in [0.2, 0.25) is 0 Å². The standard InChI is InChI=1S/C41H25N5O/c1-3-11-26(12-4-1)27-20-22-29(23-21-27)39-44-38(28-13-5-2-6-14-28)45-40(46-39)31-16-9-15-30(25-31)35-36-32-17-7-8-19-34(32)47-41(36)43-33-18-10-24-42-37(33)35/h1-25H. The number of pyridine rings is 2. The van der Waals surface area contributed by atoms with Gasteiger partial charge in [-0.15, -0.1) is 0 Å². The van der Waals surface area contributed by atoms with Crippen molar-refractivity contribution in [1.82, 2.24) is 24.9 Å². The number of nitrogens with zero attached hydrogens (tertiary/aromatic N) is 5. The third-order valence-corrected chi connectivity index (χ3v) is 8.40. The summed E-state index contributed by atoms with van der Waals surface area (Å²) in [5, 5.41) is 1.93. The molecule has 0 aliphatic rings. The Morgan fingerprint density at radius 1 is 0.426 bits per heavy atom. The van der Waals surface area contributed by atoms with Gasteiger partial charge in [-0.05, 0) is 41.0 Å². The maximum absolute atomic E-state index is 6.23. The molecule has 47 heavy (non-hydrogen) atoms. The maximum Gasteiger partial charge on any atom is 0.228 e. The van der Waals surface area contributed by atoms with Crippen molar-refractivity contribution in [2.45, 2.75) is 0 Å². The van der Waals surface area contributed by atoms with Gasteiger partial charge in [0.1, 0.15) is 5.58 Å². The second-order valence-electron chi connectivity index (χ2n) is 11.3. The molecule has 0 saturated carbocycles. The Bertz CT molecular complexity index is 2560. The highest BCUT2D eigenvalue weighted by atomic mass is 16.3. The molecule has 0 aliphatic heterocycles. The summed E-state index contributed by atoms with van der Waals surface area (Å²) in [6.07, 6.45) is 1.80. The second kappa shape index (κ2) is 11.1. The van der Waals surface area contributed by atoms with E-state index in [2.05, 4.69) is 54.6 Å². The zero-order chi connectivity index (χ0) is 31.2. The fraction of sp³-hybridized carbons (Fsp3) is 0. The Morgan fingerprint density at radius 3 is 1.77 bits per heavy atom. The van der Waals surface area contributed by atoms with Gasteiger partial charge in [-0.2, -0.15) is 0 Å². The van der Waals surface area contributed by atoms with E-state index >= 15 is 0 Å². The molecule has 0 fully saturated rings. The van der Waals surface area contributed by atoms with E-state index < -0.39 is 0 Å². The van der Waals surface area contributed by atoms with Crippen LogP contribution >= 0.6 is 0 Å². The van der Waals surface area contributed by atoms with Gasteiger partial charge in [0.15, 0.2) is 17.5 Å². The summed E-state index contributed by atoms with van der Waals surface area (Å²) in [5.41, 5.74) is 9.89.